The fourth-order valence-corrected chi connectivity index (χ4v) is 4.48. The van der Waals surface area contributed by atoms with Gasteiger partial charge in [0.05, 0.1) is 11.7 Å². The summed E-state index contributed by atoms with van der Waals surface area (Å²) in [5.74, 6) is 2.53. The second kappa shape index (κ2) is 7.43. The maximum absolute atomic E-state index is 10.5. The van der Waals surface area contributed by atoms with Crippen molar-refractivity contribution in [3.63, 3.8) is 0 Å². The Morgan fingerprint density at radius 1 is 1.29 bits per heavy atom. The van der Waals surface area contributed by atoms with Gasteiger partial charge in [-0.15, -0.1) is 0 Å². The molecule has 0 bridgehead atoms. The van der Waals surface area contributed by atoms with Crippen molar-refractivity contribution in [1.29, 1.82) is 0 Å². The van der Waals surface area contributed by atoms with Gasteiger partial charge in [0, 0.05) is 13.2 Å². The van der Waals surface area contributed by atoms with Crippen LogP contribution in [0.15, 0.2) is 0 Å². The topological polar surface area (TPSA) is 55.5 Å². The van der Waals surface area contributed by atoms with Crippen molar-refractivity contribution in [2.24, 2.45) is 29.4 Å². The molecule has 2 fully saturated rings. The average molecular weight is 297 g/mol. The summed E-state index contributed by atoms with van der Waals surface area (Å²) in [7, 11) is 0. The van der Waals surface area contributed by atoms with E-state index in [9.17, 15) is 5.11 Å². The van der Waals surface area contributed by atoms with Gasteiger partial charge in [0.2, 0.25) is 0 Å². The minimum absolute atomic E-state index is 0.334. The molecule has 2 rings (SSSR count). The van der Waals surface area contributed by atoms with Gasteiger partial charge in [-0.3, -0.25) is 0 Å². The van der Waals surface area contributed by atoms with Crippen LogP contribution < -0.4 is 5.73 Å². The Bertz CT molecular complexity index is 320. The van der Waals surface area contributed by atoms with Crippen LogP contribution in [0.2, 0.25) is 0 Å². The summed E-state index contributed by atoms with van der Waals surface area (Å²) >= 11 is 0. The fraction of sp³-hybridized carbons (Fsp3) is 1.00. The molecule has 0 radical (unpaired) electrons. The standard InChI is InChI=1S/C18H35NO2/c1-13(2)16-7-6-14(3)11-17(16)21-10-8-15-5-4-9-18(15,20)12-19/h13-17,20H,4-12,19H2,1-3H3. The second-order valence-corrected chi connectivity index (χ2v) is 7.92. The lowest BCUT2D eigenvalue weighted by Gasteiger charge is -2.37. The van der Waals surface area contributed by atoms with Gasteiger partial charge in [-0.25, -0.2) is 0 Å². The van der Waals surface area contributed by atoms with Crippen molar-refractivity contribution >= 4 is 0 Å². The molecule has 3 nitrogen and oxygen atoms in total. The van der Waals surface area contributed by atoms with Crippen LogP contribution in [-0.2, 0) is 4.74 Å². The molecule has 2 aliphatic rings. The van der Waals surface area contributed by atoms with Crippen molar-refractivity contribution in [2.75, 3.05) is 13.2 Å². The van der Waals surface area contributed by atoms with E-state index in [1.807, 2.05) is 0 Å². The molecular formula is C18H35NO2. The van der Waals surface area contributed by atoms with Gasteiger partial charge in [-0.1, -0.05) is 33.6 Å². The maximum atomic E-state index is 10.5. The summed E-state index contributed by atoms with van der Waals surface area (Å²) in [6.45, 7) is 8.17. The monoisotopic (exact) mass is 297 g/mol. The molecule has 5 atom stereocenters. The van der Waals surface area contributed by atoms with Gasteiger partial charge >= 0.3 is 0 Å². The van der Waals surface area contributed by atoms with Gasteiger partial charge in [0.15, 0.2) is 0 Å². The first-order valence-corrected chi connectivity index (χ1v) is 9.00. The summed E-state index contributed by atoms with van der Waals surface area (Å²) in [6.07, 6.45) is 8.31. The van der Waals surface area contributed by atoms with Crippen molar-refractivity contribution in [3.05, 3.63) is 0 Å². The minimum Gasteiger partial charge on any atom is -0.388 e. The lowest BCUT2D eigenvalue weighted by Crippen LogP contribution is -2.42. The predicted molar refractivity (Wildman–Crippen MR) is 87.0 cm³/mol. The van der Waals surface area contributed by atoms with Crippen LogP contribution in [0.5, 0.6) is 0 Å². The molecule has 0 heterocycles. The molecular weight excluding hydrogens is 262 g/mol. The summed E-state index contributed by atoms with van der Waals surface area (Å²) < 4.78 is 6.28. The molecule has 0 aromatic carbocycles. The zero-order chi connectivity index (χ0) is 15.5. The highest BCUT2D eigenvalue weighted by atomic mass is 16.5. The summed E-state index contributed by atoms with van der Waals surface area (Å²) in [5, 5.41) is 10.5. The third-order valence-corrected chi connectivity index (χ3v) is 6.04. The number of ether oxygens (including phenoxy) is 1. The summed E-state index contributed by atoms with van der Waals surface area (Å²) in [4.78, 5) is 0. The molecule has 0 aliphatic heterocycles. The number of hydrogen-bond acceptors (Lipinski definition) is 3. The fourth-order valence-electron chi connectivity index (χ4n) is 4.48. The number of nitrogens with two attached hydrogens (primary N) is 1. The molecule has 0 saturated heterocycles. The van der Waals surface area contributed by atoms with Gasteiger partial charge in [0.1, 0.15) is 0 Å². The molecule has 5 unspecified atom stereocenters. The molecule has 2 aliphatic carbocycles. The zero-order valence-corrected chi connectivity index (χ0v) is 14.2. The van der Waals surface area contributed by atoms with E-state index in [1.54, 1.807) is 0 Å². The number of aliphatic hydroxyl groups is 1. The lowest BCUT2D eigenvalue weighted by atomic mass is 9.75. The molecule has 124 valence electrons. The Morgan fingerprint density at radius 2 is 2.05 bits per heavy atom. The summed E-state index contributed by atoms with van der Waals surface area (Å²) in [6, 6.07) is 0. The zero-order valence-electron chi connectivity index (χ0n) is 14.2. The van der Waals surface area contributed by atoms with Gasteiger partial charge < -0.3 is 15.6 Å². The second-order valence-electron chi connectivity index (χ2n) is 7.92. The van der Waals surface area contributed by atoms with E-state index in [0.717, 1.165) is 38.2 Å². The Labute approximate surface area is 130 Å². The van der Waals surface area contributed by atoms with E-state index in [4.69, 9.17) is 10.5 Å². The van der Waals surface area contributed by atoms with Crippen LogP contribution in [0.1, 0.15) is 65.7 Å². The first-order valence-electron chi connectivity index (χ1n) is 9.00. The molecule has 0 spiro atoms. The Hall–Kier alpha value is -0.120. The van der Waals surface area contributed by atoms with Crippen molar-refractivity contribution in [1.82, 2.24) is 0 Å². The van der Waals surface area contributed by atoms with E-state index in [1.165, 1.54) is 19.3 Å². The SMILES string of the molecule is CC1CCC(C(C)C)C(OCCC2CCCC2(O)CN)C1. The number of rotatable bonds is 6. The maximum Gasteiger partial charge on any atom is 0.0798 e. The molecule has 0 aromatic heterocycles. The molecule has 21 heavy (non-hydrogen) atoms. The first-order chi connectivity index (χ1) is 9.96. The molecule has 2 saturated carbocycles. The third kappa shape index (κ3) is 4.20. The van der Waals surface area contributed by atoms with Crippen LogP contribution in [-0.4, -0.2) is 30.0 Å². The molecule has 3 N–H and O–H groups in total. The summed E-state index contributed by atoms with van der Waals surface area (Å²) in [5.41, 5.74) is 5.14. The van der Waals surface area contributed by atoms with E-state index < -0.39 is 5.60 Å². The normalized spacial score (nSPS) is 40.9. The van der Waals surface area contributed by atoms with E-state index >= 15 is 0 Å². The van der Waals surface area contributed by atoms with Crippen LogP contribution in [0, 0.1) is 23.7 Å². The van der Waals surface area contributed by atoms with Gasteiger partial charge in [-0.2, -0.15) is 0 Å². The van der Waals surface area contributed by atoms with Crippen LogP contribution in [0.3, 0.4) is 0 Å². The largest absolute Gasteiger partial charge is 0.388 e. The van der Waals surface area contributed by atoms with Crippen LogP contribution >= 0.6 is 0 Å². The van der Waals surface area contributed by atoms with Crippen molar-refractivity contribution in [3.8, 4) is 0 Å². The smallest absolute Gasteiger partial charge is 0.0798 e. The molecule has 0 amide bonds. The van der Waals surface area contributed by atoms with E-state index in [2.05, 4.69) is 20.8 Å². The number of hydrogen-bond donors (Lipinski definition) is 2. The predicted octanol–water partition coefficient (Wildman–Crippen LogP) is 3.34. The van der Waals surface area contributed by atoms with E-state index in [-0.39, 0.29) is 0 Å². The van der Waals surface area contributed by atoms with E-state index in [0.29, 0.717) is 30.4 Å². The van der Waals surface area contributed by atoms with Crippen LogP contribution in [0.25, 0.3) is 0 Å². The third-order valence-electron chi connectivity index (χ3n) is 6.04. The van der Waals surface area contributed by atoms with Crippen LogP contribution in [0.4, 0.5) is 0 Å². The van der Waals surface area contributed by atoms with Gasteiger partial charge in [0.25, 0.3) is 0 Å². The average Bonchev–Trinajstić information content (AvgIpc) is 2.81. The Morgan fingerprint density at radius 3 is 2.71 bits per heavy atom. The highest BCUT2D eigenvalue weighted by molar-refractivity contribution is 4.93. The Kier molecular flexibility index (Phi) is 6.10. The Balaban J connectivity index is 1.81. The van der Waals surface area contributed by atoms with Gasteiger partial charge in [-0.05, 0) is 55.8 Å². The van der Waals surface area contributed by atoms with Crippen molar-refractivity contribution in [2.45, 2.75) is 77.4 Å². The quantitative estimate of drug-likeness (QED) is 0.790. The van der Waals surface area contributed by atoms with Crippen molar-refractivity contribution < 1.29 is 9.84 Å². The molecule has 0 aromatic rings. The highest BCUT2D eigenvalue weighted by Crippen LogP contribution is 2.38. The lowest BCUT2D eigenvalue weighted by molar-refractivity contribution is -0.0562. The highest BCUT2D eigenvalue weighted by Gasteiger charge is 2.39. The first kappa shape index (κ1) is 17.2. The minimum atomic E-state index is -0.624. The molecule has 3 heteroatoms.